The monoisotopic (exact) mass is 201 g/mol. The van der Waals surface area contributed by atoms with Crippen molar-refractivity contribution in [2.24, 2.45) is 0 Å². The van der Waals surface area contributed by atoms with Gasteiger partial charge in [-0.25, -0.2) is 0 Å². The summed E-state index contributed by atoms with van der Waals surface area (Å²) in [5.41, 5.74) is 1.36. The highest BCUT2D eigenvalue weighted by Gasteiger charge is 2.06. The van der Waals surface area contributed by atoms with E-state index in [9.17, 15) is 0 Å². The van der Waals surface area contributed by atoms with Gasteiger partial charge in [-0.15, -0.1) is 12.3 Å². The Balaban J connectivity index is 2.40. The third-order valence-corrected chi connectivity index (χ3v) is 2.50. The lowest BCUT2D eigenvalue weighted by molar-refractivity contribution is 0.513. The van der Waals surface area contributed by atoms with Gasteiger partial charge in [0, 0.05) is 12.5 Å². The molecule has 1 atom stereocenters. The van der Waals surface area contributed by atoms with Gasteiger partial charge in [-0.05, 0) is 24.9 Å². The van der Waals surface area contributed by atoms with Crippen molar-refractivity contribution in [1.82, 2.24) is 5.32 Å². The lowest BCUT2D eigenvalue weighted by Crippen LogP contribution is -2.21. The zero-order valence-electron chi connectivity index (χ0n) is 9.37. The van der Waals surface area contributed by atoms with Crippen molar-refractivity contribution in [3.05, 3.63) is 35.9 Å². The van der Waals surface area contributed by atoms with Gasteiger partial charge in [0.15, 0.2) is 0 Å². The summed E-state index contributed by atoms with van der Waals surface area (Å²) in [6.07, 6.45) is 8.24. The van der Waals surface area contributed by atoms with E-state index < -0.39 is 0 Å². The van der Waals surface area contributed by atoms with Crippen molar-refractivity contribution in [3.8, 4) is 12.3 Å². The van der Waals surface area contributed by atoms with E-state index in [2.05, 4.69) is 48.5 Å². The summed E-state index contributed by atoms with van der Waals surface area (Å²) in [5, 5.41) is 3.52. The second-order valence-electron chi connectivity index (χ2n) is 3.63. The SMILES string of the molecule is C#CCCCNC(CC)c1ccccc1. The Labute approximate surface area is 92.9 Å². The van der Waals surface area contributed by atoms with Crippen molar-refractivity contribution in [3.63, 3.8) is 0 Å². The number of rotatable bonds is 6. The van der Waals surface area contributed by atoms with Crippen LogP contribution in [0.1, 0.15) is 37.8 Å². The highest BCUT2D eigenvalue weighted by Crippen LogP contribution is 2.15. The summed E-state index contributed by atoms with van der Waals surface area (Å²) in [6, 6.07) is 11.0. The van der Waals surface area contributed by atoms with Gasteiger partial charge in [0.2, 0.25) is 0 Å². The Morgan fingerprint density at radius 3 is 2.67 bits per heavy atom. The van der Waals surface area contributed by atoms with Crippen LogP contribution < -0.4 is 5.32 Å². The van der Waals surface area contributed by atoms with Crippen LogP contribution in [0, 0.1) is 12.3 Å². The van der Waals surface area contributed by atoms with Crippen molar-refractivity contribution in [1.29, 1.82) is 0 Å². The molecule has 0 saturated heterocycles. The van der Waals surface area contributed by atoms with Crippen LogP contribution in [-0.4, -0.2) is 6.54 Å². The zero-order valence-corrected chi connectivity index (χ0v) is 9.37. The summed E-state index contributed by atoms with van der Waals surface area (Å²) in [4.78, 5) is 0. The van der Waals surface area contributed by atoms with Crippen LogP contribution in [0.25, 0.3) is 0 Å². The van der Waals surface area contributed by atoms with Gasteiger partial charge in [-0.3, -0.25) is 0 Å². The minimum atomic E-state index is 0.462. The molecule has 1 aromatic rings. The van der Waals surface area contributed by atoms with Gasteiger partial charge in [0.25, 0.3) is 0 Å². The van der Waals surface area contributed by atoms with Crippen LogP contribution >= 0.6 is 0 Å². The van der Waals surface area contributed by atoms with E-state index in [1.54, 1.807) is 0 Å². The Kier molecular flexibility index (Phi) is 5.58. The van der Waals surface area contributed by atoms with Crippen LogP contribution in [0.5, 0.6) is 0 Å². The Hall–Kier alpha value is -1.26. The van der Waals surface area contributed by atoms with Crippen molar-refractivity contribution < 1.29 is 0 Å². The first-order valence-electron chi connectivity index (χ1n) is 5.60. The fraction of sp³-hybridized carbons (Fsp3) is 0.429. The molecule has 1 unspecified atom stereocenters. The maximum atomic E-state index is 5.21. The van der Waals surface area contributed by atoms with E-state index in [1.807, 2.05) is 0 Å². The highest BCUT2D eigenvalue weighted by molar-refractivity contribution is 5.18. The van der Waals surface area contributed by atoms with E-state index in [4.69, 9.17) is 6.42 Å². The molecule has 0 aliphatic rings. The first-order chi connectivity index (χ1) is 7.38. The summed E-state index contributed by atoms with van der Waals surface area (Å²) in [7, 11) is 0. The number of hydrogen-bond acceptors (Lipinski definition) is 1. The molecule has 0 aromatic heterocycles. The first kappa shape index (κ1) is 11.8. The molecule has 0 heterocycles. The van der Waals surface area contributed by atoms with E-state index >= 15 is 0 Å². The molecule has 0 radical (unpaired) electrons. The van der Waals surface area contributed by atoms with Gasteiger partial charge in [-0.1, -0.05) is 37.3 Å². The minimum absolute atomic E-state index is 0.462. The zero-order chi connectivity index (χ0) is 10.9. The predicted molar refractivity (Wildman–Crippen MR) is 65.5 cm³/mol. The van der Waals surface area contributed by atoms with E-state index in [-0.39, 0.29) is 0 Å². The fourth-order valence-electron chi connectivity index (χ4n) is 1.65. The fourth-order valence-corrected chi connectivity index (χ4v) is 1.65. The van der Waals surface area contributed by atoms with Gasteiger partial charge < -0.3 is 5.32 Å². The average Bonchev–Trinajstić information content (AvgIpc) is 2.30. The van der Waals surface area contributed by atoms with Gasteiger partial charge in [0.05, 0.1) is 0 Å². The Morgan fingerprint density at radius 1 is 1.33 bits per heavy atom. The molecule has 1 heteroatoms. The van der Waals surface area contributed by atoms with Gasteiger partial charge >= 0.3 is 0 Å². The summed E-state index contributed by atoms with van der Waals surface area (Å²) >= 11 is 0. The van der Waals surface area contributed by atoms with Crippen molar-refractivity contribution in [2.75, 3.05) is 6.54 Å². The summed E-state index contributed by atoms with van der Waals surface area (Å²) in [6.45, 7) is 3.20. The molecule has 1 N–H and O–H groups in total. The topological polar surface area (TPSA) is 12.0 Å². The maximum Gasteiger partial charge on any atom is 0.0317 e. The predicted octanol–water partition coefficient (Wildman–Crippen LogP) is 3.14. The largest absolute Gasteiger partial charge is 0.310 e. The van der Waals surface area contributed by atoms with Crippen molar-refractivity contribution in [2.45, 2.75) is 32.2 Å². The molecule has 0 aliphatic heterocycles. The van der Waals surface area contributed by atoms with Crippen LogP contribution in [0.2, 0.25) is 0 Å². The standard InChI is InChI=1S/C14H19N/c1-3-5-9-12-15-14(4-2)13-10-7-6-8-11-13/h1,6-8,10-11,14-15H,4-5,9,12H2,2H3. The number of nitrogens with one attached hydrogen (secondary N) is 1. The highest BCUT2D eigenvalue weighted by atomic mass is 14.9. The molecule has 80 valence electrons. The molecule has 15 heavy (non-hydrogen) atoms. The van der Waals surface area contributed by atoms with Crippen LogP contribution in [0.3, 0.4) is 0 Å². The molecule has 1 rings (SSSR count). The normalized spacial score (nSPS) is 12.0. The van der Waals surface area contributed by atoms with Gasteiger partial charge in [-0.2, -0.15) is 0 Å². The lowest BCUT2D eigenvalue weighted by Gasteiger charge is -2.16. The first-order valence-corrected chi connectivity index (χ1v) is 5.60. The molecule has 1 nitrogen and oxygen atoms in total. The second-order valence-corrected chi connectivity index (χ2v) is 3.63. The molecular weight excluding hydrogens is 182 g/mol. The molecule has 0 aliphatic carbocycles. The molecule has 1 aromatic carbocycles. The molecular formula is C14H19N. The Morgan fingerprint density at radius 2 is 2.07 bits per heavy atom. The quantitative estimate of drug-likeness (QED) is 0.550. The number of benzene rings is 1. The lowest BCUT2D eigenvalue weighted by atomic mass is 10.0. The van der Waals surface area contributed by atoms with Crippen LogP contribution in [0.15, 0.2) is 30.3 Å². The smallest absolute Gasteiger partial charge is 0.0317 e. The van der Waals surface area contributed by atoms with Crippen LogP contribution in [0.4, 0.5) is 0 Å². The van der Waals surface area contributed by atoms with Gasteiger partial charge in [0.1, 0.15) is 0 Å². The molecule has 0 spiro atoms. The molecule has 0 fully saturated rings. The molecule has 0 bridgehead atoms. The van der Waals surface area contributed by atoms with E-state index in [1.165, 1.54) is 5.56 Å². The molecule has 0 amide bonds. The molecule has 0 saturated carbocycles. The second kappa shape index (κ2) is 7.09. The number of unbranched alkanes of at least 4 members (excludes halogenated alkanes) is 1. The maximum absolute atomic E-state index is 5.21. The Bertz CT molecular complexity index is 297. The van der Waals surface area contributed by atoms with Crippen LogP contribution in [-0.2, 0) is 0 Å². The third kappa shape index (κ3) is 4.18. The average molecular weight is 201 g/mol. The summed E-state index contributed by atoms with van der Waals surface area (Å²) in [5.74, 6) is 2.66. The number of terminal acetylenes is 1. The van der Waals surface area contributed by atoms with E-state index in [0.717, 1.165) is 25.8 Å². The number of hydrogen-bond donors (Lipinski definition) is 1. The third-order valence-electron chi connectivity index (χ3n) is 2.50. The van der Waals surface area contributed by atoms with E-state index in [0.29, 0.717) is 6.04 Å². The minimum Gasteiger partial charge on any atom is -0.310 e. The van der Waals surface area contributed by atoms with Crippen molar-refractivity contribution >= 4 is 0 Å². The summed E-state index contributed by atoms with van der Waals surface area (Å²) < 4.78 is 0.